The summed E-state index contributed by atoms with van der Waals surface area (Å²) < 4.78 is 5.00. The van der Waals surface area contributed by atoms with Crippen LogP contribution in [0.15, 0.2) is 24.3 Å². The highest BCUT2D eigenvalue weighted by atomic mass is 16.6. The molecule has 1 saturated heterocycles. The zero-order chi connectivity index (χ0) is 11.5. The second-order valence-electron chi connectivity index (χ2n) is 3.71. The number of aromatic hydroxyl groups is 1. The molecule has 86 valence electrons. The minimum Gasteiger partial charge on any atom is -0.508 e. The van der Waals surface area contributed by atoms with E-state index in [-0.39, 0.29) is 12.4 Å². The highest BCUT2D eigenvalue weighted by Crippen LogP contribution is 2.21. The molecule has 2 rings (SSSR count). The Morgan fingerprint density at radius 3 is 2.81 bits per heavy atom. The summed E-state index contributed by atoms with van der Waals surface area (Å²) in [7, 11) is 0. The van der Waals surface area contributed by atoms with E-state index in [1.54, 1.807) is 24.3 Å². The lowest BCUT2D eigenvalue weighted by Gasteiger charge is -2.15. The first kappa shape index (κ1) is 10.8. The van der Waals surface area contributed by atoms with Crippen molar-refractivity contribution >= 4 is 6.09 Å². The molecule has 0 spiro atoms. The molecule has 2 atom stereocenters. The lowest BCUT2D eigenvalue weighted by Crippen LogP contribution is -2.36. The van der Waals surface area contributed by atoms with Crippen molar-refractivity contribution in [3.8, 4) is 5.75 Å². The molecule has 5 heteroatoms. The Balaban J connectivity index is 2.10. The third-order valence-corrected chi connectivity index (χ3v) is 2.62. The van der Waals surface area contributed by atoms with E-state index in [1.807, 2.05) is 0 Å². The van der Waals surface area contributed by atoms with Gasteiger partial charge in [0.1, 0.15) is 11.9 Å². The third-order valence-electron chi connectivity index (χ3n) is 2.62. The molecule has 1 heterocycles. The average molecular weight is 223 g/mol. The predicted octanol–water partition coefficient (Wildman–Crippen LogP) is 0.404. The van der Waals surface area contributed by atoms with Gasteiger partial charge in [0, 0.05) is 6.42 Å². The number of phenolic OH excluding ortho intramolecular Hbond substituents is 1. The largest absolute Gasteiger partial charge is 0.508 e. The zero-order valence-corrected chi connectivity index (χ0v) is 8.59. The molecule has 0 saturated carbocycles. The third kappa shape index (κ3) is 2.09. The van der Waals surface area contributed by atoms with Gasteiger partial charge in [0.2, 0.25) is 0 Å². The van der Waals surface area contributed by atoms with Crippen LogP contribution in [0.25, 0.3) is 0 Å². The fourth-order valence-corrected chi connectivity index (χ4v) is 1.75. The SMILES string of the molecule is O=C1NC(CO)C(Cc2ccccc2O)O1. The van der Waals surface area contributed by atoms with Gasteiger partial charge in [-0.1, -0.05) is 18.2 Å². The number of rotatable bonds is 3. The molecule has 0 bridgehead atoms. The molecule has 16 heavy (non-hydrogen) atoms. The van der Waals surface area contributed by atoms with Crippen LogP contribution in [0.3, 0.4) is 0 Å². The fourth-order valence-electron chi connectivity index (χ4n) is 1.75. The van der Waals surface area contributed by atoms with Gasteiger partial charge in [-0.25, -0.2) is 4.79 Å². The van der Waals surface area contributed by atoms with Crippen molar-refractivity contribution in [1.29, 1.82) is 0 Å². The molecular formula is C11H13NO4. The Morgan fingerprint density at radius 2 is 2.12 bits per heavy atom. The average Bonchev–Trinajstić information content (AvgIpc) is 2.62. The van der Waals surface area contributed by atoms with Gasteiger partial charge < -0.3 is 20.3 Å². The summed E-state index contributed by atoms with van der Waals surface area (Å²) in [4.78, 5) is 11.0. The monoisotopic (exact) mass is 223 g/mol. The first-order chi connectivity index (χ1) is 7.70. The Labute approximate surface area is 92.7 Å². The van der Waals surface area contributed by atoms with Crippen LogP contribution in [0.5, 0.6) is 5.75 Å². The summed E-state index contributed by atoms with van der Waals surface area (Å²) in [5.41, 5.74) is 0.697. The molecule has 1 aromatic rings. The van der Waals surface area contributed by atoms with Gasteiger partial charge in [-0.3, -0.25) is 0 Å². The molecule has 3 N–H and O–H groups in total. The van der Waals surface area contributed by atoms with Gasteiger partial charge >= 0.3 is 6.09 Å². The van der Waals surface area contributed by atoms with Crippen LogP contribution < -0.4 is 5.32 Å². The quantitative estimate of drug-likeness (QED) is 0.693. The maximum Gasteiger partial charge on any atom is 0.407 e. The molecule has 1 aliphatic rings. The summed E-state index contributed by atoms with van der Waals surface area (Å²) in [5, 5.41) is 21.1. The van der Waals surface area contributed by atoms with E-state index in [9.17, 15) is 9.90 Å². The predicted molar refractivity (Wildman–Crippen MR) is 56.1 cm³/mol. The fraction of sp³-hybridized carbons (Fsp3) is 0.364. The number of alkyl carbamates (subject to hydrolysis) is 1. The van der Waals surface area contributed by atoms with Crippen molar-refractivity contribution in [2.45, 2.75) is 18.6 Å². The standard InChI is InChI=1S/C11H13NO4/c13-6-8-10(16-11(15)12-8)5-7-3-1-2-4-9(7)14/h1-4,8,10,13-14H,5-6H2,(H,12,15). The van der Waals surface area contributed by atoms with Crippen molar-refractivity contribution in [2.75, 3.05) is 6.61 Å². The number of hydrogen-bond donors (Lipinski definition) is 3. The number of nitrogens with one attached hydrogen (secondary N) is 1. The Hall–Kier alpha value is -1.75. The molecule has 0 aliphatic carbocycles. The lowest BCUT2D eigenvalue weighted by atomic mass is 10.0. The molecule has 1 aliphatic heterocycles. The van der Waals surface area contributed by atoms with E-state index in [1.165, 1.54) is 0 Å². The van der Waals surface area contributed by atoms with Gasteiger partial charge in [0.05, 0.1) is 12.6 Å². The topological polar surface area (TPSA) is 78.8 Å². The van der Waals surface area contributed by atoms with Gasteiger partial charge in [-0.05, 0) is 11.6 Å². The highest BCUT2D eigenvalue weighted by molar-refractivity contribution is 5.70. The van der Waals surface area contributed by atoms with Crippen LogP contribution in [0, 0.1) is 0 Å². The second kappa shape index (κ2) is 4.40. The van der Waals surface area contributed by atoms with Gasteiger partial charge in [0.25, 0.3) is 0 Å². The Kier molecular flexibility index (Phi) is 2.96. The number of ether oxygens (including phenoxy) is 1. The van der Waals surface area contributed by atoms with Crippen LogP contribution in [0.2, 0.25) is 0 Å². The van der Waals surface area contributed by atoms with E-state index >= 15 is 0 Å². The second-order valence-corrected chi connectivity index (χ2v) is 3.71. The number of cyclic esters (lactones) is 1. The summed E-state index contributed by atoms with van der Waals surface area (Å²) in [6.45, 7) is -0.177. The molecule has 2 unspecified atom stereocenters. The van der Waals surface area contributed by atoms with E-state index in [4.69, 9.17) is 9.84 Å². The zero-order valence-electron chi connectivity index (χ0n) is 8.59. The minimum atomic E-state index is -0.528. The summed E-state index contributed by atoms with van der Waals surface area (Å²) in [6, 6.07) is 6.45. The van der Waals surface area contributed by atoms with Crippen LogP contribution in [0.4, 0.5) is 4.79 Å². The summed E-state index contributed by atoms with van der Waals surface area (Å²) >= 11 is 0. The van der Waals surface area contributed by atoms with Gasteiger partial charge in [-0.15, -0.1) is 0 Å². The molecule has 1 fully saturated rings. The van der Waals surface area contributed by atoms with Crippen molar-refractivity contribution in [1.82, 2.24) is 5.32 Å². The van der Waals surface area contributed by atoms with E-state index < -0.39 is 18.2 Å². The number of phenols is 1. The maximum absolute atomic E-state index is 11.0. The molecule has 1 amide bonds. The number of para-hydroxylation sites is 1. The Bertz CT molecular complexity index is 393. The molecule has 5 nitrogen and oxygen atoms in total. The molecule has 1 aromatic carbocycles. The molecule has 0 radical (unpaired) electrons. The van der Waals surface area contributed by atoms with E-state index in [0.29, 0.717) is 12.0 Å². The Morgan fingerprint density at radius 1 is 1.38 bits per heavy atom. The van der Waals surface area contributed by atoms with Crippen molar-refractivity contribution in [3.05, 3.63) is 29.8 Å². The maximum atomic E-state index is 11.0. The minimum absolute atomic E-state index is 0.169. The molecular weight excluding hydrogens is 210 g/mol. The molecule has 0 aromatic heterocycles. The summed E-state index contributed by atoms with van der Waals surface area (Å²) in [6.07, 6.45) is -0.582. The van der Waals surface area contributed by atoms with E-state index in [0.717, 1.165) is 0 Å². The normalized spacial score (nSPS) is 23.9. The van der Waals surface area contributed by atoms with Crippen LogP contribution >= 0.6 is 0 Å². The number of aliphatic hydroxyl groups excluding tert-OH is 1. The first-order valence-corrected chi connectivity index (χ1v) is 5.05. The smallest absolute Gasteiger partial charge is 0.407 e. The van der Waals surface area contributed by atoms with Crippen LogP contribution in [0.1, 0.15) is 5.56 Å². The highest BCUT2D eigenvalue weighted by Gasteiger charge is 2.33. The van der Waals surface area contributed by atoms with E-state index in [2.05, 4.69) is 5.32 Å². The number of hydrogen-bond acceptors (Lipinski definition) is 4. The number of benzene rings is 1. The number of carbonyl (C=O) groups excluding carboxylic acids is 1. The van der Waals surface area contributed by atoms with Crippen molar-refractivity contribution in [3.63, 3.8) is 0 Å². The van der Waals surface area contributed by atoms with Gasteiger partial charge in [0.15, 0.2) is 0 Å². The van der Waals surface area contributed by atoms with Crippen molar-refractivity contribution < 1.29 is 19.7 Å². The number of amides is 1. The van der Waals surface area contributed by atoms with Crippen LogP contribution in [-0.2, 0) is 11.2 Å². The first-order valence-electron chi connectivity index (χ1n) is 5.05. The van der Waals surface area contributed by atoms with Crippen molar-refractivity contribution in [2.24, 2.45) is 0 Å². The van der Waals surface area contributed by atoms with Crippen LogP contribution in [-0.4, -0.2) is 35.1 Å². The number of carbonyl (C=O) groups is 1. The number of aliphatic hydroxyl groups is 1. The lowest BCUT2D eigenvalue weighted by molar-refractivity contribution is 0.118. The van der Waals surface area contributed by atoms with Gasteiger partial charge in [-0.2, -0.15) is 0 Å². The summed E-state index contributed by atoms with van der Waals surface area (Å²) in [5.74, 6) is 0.169.